The smallest absolute Gasteiger partial charge is 0.244 e. The number of nitrogens with zero attached hydrogens (tertiary/aromatic N) is 2. The maximum Gasteiger partial charge on any atom is 0.244 e. The molecule has 1 aliphatic rings. The van der Waals surface area contributed by atoms with Crippen molar-refractivity contribution < 1.29 is 17.9 Å². The second-order valence-electron chi connectivity index (χ2n) is 6.94. The molecule has 1 fully saturated rings. The van der Waals surface area contributed by atoms with E-state index in [1.165, 1.54) is 25.8 Å². The van der Waals surface area contributed by atoms with Crippen molar-refractivity contribution in [3.05, 3.63) is 48.3 Å². The number of hydrogen-bond acceptors (Lipinski definition) is 6. The van der Waals surface area contributed by atoms with Crippen molar-refractivity contribution in [2.45, 2.75) is 24.3 Å². The molecule has 0 spiro atoms. The van der Waals surface area contributed by atoms with E-state index in [9.17, 15) is 8.42 Å². The third-order valence-corrected chi connectivity index (χ3v) is 6.53. The number of aromatic nitrogens is 1. The fraction of sp³-hybridized carbons (Fsp3) is 0.450. The van der Waals surface area contributed by atoms with Gasteiger partial charge in [0.1, 0.15) is 16.4 Å². The van der Waals surface area contributed by atoms with E-state index in [0.29, 0.717) is 24.0 Å². The number of piperidine rings is 1. The van der Waals surface area contributed by atoms with Gasteiger partial charge in [-0.2, -0.15) is 0 Å². The Morgan fingerprint density at radius 3 is 2.46 bits per heavy atom. The van der Waals surface area contributed by atoms with Crippen LogP contribution in [0.1, 0.15) is 18.4 Å². The first-order chi connectivity index (χ1) is 13.5. The zero-order chi connectivity index (χ0) is 20.0. The minimum absolute atomic E-state index is 0.101. The van der Waals surface area contributed by atoms with Crippen LogP contribution in [-0.4, -0.2) is 52.2 Å². The van der Waals surface area contributed by atoms with Crippen LogP contribution in [0.4, 0.5) is 0 Å². The number of ether oxygens (including phenoxy) is 2. The molecule has 1 saturated heterocycles. The molecule has 7 nitrogen and oxygen atoms in total. The molecule has 0 unspecified atom stereocenters. The Kier molecular flexibility index (Phi) is 6.88. The standard InChI is InChI=1S/C20H27N3O4S/c1-26-18-3-4-19(27-2)20(13-18)28(24,25)22-14-16-7-11-23(12-8-16)15-17-5-9-21-10-6-17/h3-6,9-10,13,16,22H,7-8,11-12,14-15H2,1-2H3. The van der Waals surface area contributed by atoms with Gasteiger partial charge in [-0.05, 0) is 61.7 Å². The van der Waals surface area contributed by atoms with Crippen LogP contribution in [0.15, 0.2) is 47.6 Å². The molecule has 0 bridgehead atoms. The Morgan fingerprint density at radius 1 is 1.11 bits per heavy atom. The van der Waals surface area contributed by atoms with E-state index in [1.807, 2.05) is 24.5 Å². The number of rotatable bonds is 8. The Hall–Kier alpha value is -2.16. The number of sulfonamides is 1. The SMILES string of the molecule is COc1ccc(OC)c(S(=O)(=O)NCC2CCN(Cc3ccncc3)CC2)c1. The number of pyridine rings is 1. The number of hydrogen-bond donors (Lipinski definition) is 1. The molecule has 0 radical (unpaired) electrons. The van der Waals surface area contributed by atoms with Crippen molar-refractivity contribution in [2.75, 3.05) is 33.9 Å². The molecule has 0 aliphatic carbocycles. The summed E-state index contributed by atoms with van der Waals surface area (Å²) in [6, 6.07) is 8.82. The van der Waals surface area contributed by atoms with Gasteiger partial charge in [0, 0.05) is 31.5 Å². The van der Waals surface area contributed by atoms with Crippen molar-refractivity contribution in [3.8, 4) is 11.5 Å². The zero-order valence-corrected chi connectivity index (χ0v) is 17.1. The highest BCUT2D eigenvalue weighted by atomic mass is 32.2. The van der Waals surface area contributed by atoms with Gasteiger partial charge in [0.15, 0.2) is 0 Å². The number of methoxy groups -OCH3 is 2. The second-order valence-corrected chi connectivity index (χ2v) is 8.68. The van der Waals surface area contributed by atoms with Gasteiger partial charge >= 0.3 is 0 Å². The molecular formula is C20H27N3O4S. The second kappa shape index (κ2) is 9.36. The topological polar surface area (TPSA) is 80.8 Å². The molecule has 0 amide bonds. The van der Waals surface area contributed by atoms with Crippen LogP contribution in [-0.2, 0) is 16.6 Å². The summed E-state index contributed by atoms with van der Waals surface area (Å²) in [4.78, 5) is 6.54. The minimum Gasteiger partial charge on any atom is -0.497 e. The normalized spacial score (nSPS) is 16.1. The van der Waals surface area contributed by atoms with Crippen LogP contribution >= 0.6 is 0 Å². The van der Waals surface area contributed by atoms with Crippen LogP contribution in [0.3, 0.4) is 0 Å². The van der Waals surface area contributed by atoms with Crippen LogP contribution in [0.2, 0.25) is 0 Å². The van der Waals surface area contributed by atoms with Crippen molar-refractivity contribution in [3.63, 3.8) is 0 Å². The highest BCUT2D eigenvalue weighted by Gasteiger charge is 2.24. The molecule has 2 heterocycles. The summed E-state index contributed by atoms with van der Waals surface area (Å²) in [5.74, 6) is 1.10. The van der Waals surface area contributed by atoms with Crippen LogP contribution in [0.25, 0.3) is 0 Å². The largest absolute Gasteiger partial charge is 0.497 e. The molecule has 1 aromatic heterocycles. The fourth-order valence-electron chi connectivity index (χ4n) is 3.39. The number of nitrogens with one attached hydrogen (secondary N) is 1. The summed E-state index contributed by atoms with van der Waals surface area (Å²) >= 11 is 0. The summed E-state index contributed by atoms with van der Waals surface area (Å²) in [7, 11) is -0.710. The Balaban J connectivity index is 1.55. The lowest BCUT2D eigenvalue weighted by Gasteiger charge is -2.32. The highest BCUT2D eigenvalue weighted by molar-refractivity contribution is 7.89. The van der Waals surface area contributed by atoms with Crippen LogP contribution in [0.5, 0.6) is 11.5 Å². The summed E-state index contributed by atoms with van der Waals surface area (Å²) in [5.41, 5.74) is 1.25. The molecule has 1 aromatic carbocycles. The van der Waals surface area contributed by atoms with E-state index in [0.717, 1.165) is 32.5 Å². The van der Waals surface area contributed by atoms with Gasteiger partial charge in [-0.15, -0.1) is 0 Å². The first kappa shape index (κ1) is 20.6. The van der Waals surface area contributed by atoms with Gasteiger partial charge in [-0.1, -0.05) is 0 Å². The molecule has 2 aromatic rings. The molecule has 1 N–H and O–H groups in total. The Morgan fingerprint density at radius 2 is 1.82 bits per heavy atom. The summed E-state index contributed by atoms with van der Waals surface area (Å²) in [5, 5.41) is 0. The fourth-order valence-corrected chi connectivity index (χ4v) is 4.69. The quantitative estimate of drug-likeness (QED) is 0.726. The Labute approximate surface area is 166 Å². The van der Waals surface area contributed by atoms with Gasteiger partial charge in [0.25, 0.3) is 0 Å². The van der Waals surface area contributed by atoms with Crippen molar-refractivity contribution >= 4 is 10.0 Å². The monoisotopic (exact) mass is 405 g/mol. The zero-order valence-electron chi connectivity index (χ0n) is 16.3. The van der Waals surface area contributed by atoms with E-state index < -0.39 is 10.0 Å². The third-order valence-electron chi connectivity index (χ3n) is 5.09. The number of benzene rings is 1. The van der Waals surface area contributed by atoms with Gasteiger partial charge in [0.05, 0.1) is 14.2 Å². The van der Waals surface area contributed by atoms with Gasteiger partial charge in [-0.3, -0.25) is 9.88 Å². The van der Waals surface area contributed by atoms with Gasteiger partial charge < -0.3 is 9.47 Å². The lowest BCUT2D eigenvalue weighted by Crippen LogP contribution is -2.38. The average molecular weight is 406 g/mol. The minimum atomic E-state index is -3.67. The maximum absolute atomic E-state index is 12.8. The average Bonchev–Trinajstić information content (AvgIpc) is 2.73. The van der Waals surface area contributed by atoms with E-state index >= 15 is 0 Å². The molecule has 152 valence electrons. The Bertz CT molecular complexity index is 866. The molecule has 8 heteroatoms. The summed E-state index contributed by atoms with van der Waals surface area (Å²) < 4.78 is 38.6. The molecule has 3 rings (SSSR count). The maximum atomic E-state index is 12.8. The molecule has 28 heavy (non-hydrogen) atoms. The number of likely N-dealkylation sites (tertiary alicyclic amines) is 1. The van der Waals surface area contributed by atoms with Gasteiger partial charge in [0.2, 0.25) is 10.0 Å². The predicted octanol–water partition coefficient (Wildman–Crippen LogP) is 2.29. The van der Waals surface area contributed by atoms with E-state index in [-0.39, 0.29) is 4.90 Å². The molecule has 0 atom stereocenters. The molecular weight excluding hydrogens is 378 g/mol. The molecule has 0 saturated carbocycles. The van der Waals surface area contributed by atoms with E-state index in [4.69, 9.17) is 9.47 Å². The lowest BCUT2D eigenvalue weighted by atomic mass is 9.97. The first-order valence-corrected chi connectivity index (χ1v) is 10.8. The predicted molar refractivity (Wildman–Crippen MR) is 107 cm³/mol. The van der Waals surface area contributed by atoms with E-state index in [2.05, 4.69) is 14.6 Å². The highest BCUT2D eigenvalue weighted by Crippen LogP contribution is 2.28. The first-order valence-electron chi connectivity index (χ1n) is 9.35. The van der Waals surface area contributed by atoms with Crippen LogP contribution < -0.4 is 14.2 Å². The molecule has 1 aliphatic heterocycles. The van der Waals surface area contributed by atoms with E-state index in [1.54, 1.807) is 12.1 Å². The summed E-state index contributed by atoms with van der Waals surface area (Å²) in [6.45, 7) is 3.24. The van der Waals surface area contributed by atoms with Crippen molar-refractivity contribution in [2.24, 2.45) is 5.92 Å². The lowest BCUT2D eigenvalue weighted by molar-refractivity contribution is 0.178. The van der Waals surface area contributed by atoms with Crippen molar-refractivity contribution in [1.29, 1.82) is 0 Å². The summed E-state index contributed by atoms with van der Waals surface area (Å²) in [6.07, 6.45) is 5.54. The third kappa shape index (κ3) is 5.21. The van der Waals surface area contributed by atoms with Crippen LogP contribution in [0, 0.1) is 5.92 Å². The van der Waals surface area contributed by atoms with Crippen molar-refractivity contribution in [1.82, 2.24) is 14.6 Å². The van der Waals surface area contributed by atoms with Gasteiger partial charge in [-0.25, -0.2) is 13.1 Å².